The number of halogens is 7. The highest BCUT2D eigenvalue weighted by Gasteiger charge is 2.38. The first-order chi connectivity index (χ1) is 19.1. The molecule has 40 heavy (non-hydrogen) atoms. The van der Waals surface area contributed by atoms with Crippen LogP contribution in [0.2, 0.25) is 0 Å². The molecule has 4 rings (SSSR count). The zero-order valence-corrected chi connectivity index (χ0v) is 21.0. The van der Waals surface area contributed by atoms with Crippen molar-refractivity contribution in [2.75, 3.05) is 6.61 Å². The Kier molecular flexibility index (Phi) is 8.68. The summed E-state index contributed by atoms with van der Waals surface area (Å²) in [7, 11) is 0. The van der Waals surface area contributed by atoms with Crippen molar-refractivity contribution in [3.8, 4) is 34.5 Å². The number of benzene rings is 4. The third-order valence-corrected chi connectivity index (χ3v) is 5.74. The lowest BCUT2D eigenvalue weighted by molar-refractivity contribution is -0.187. The summed E-state index contributed by atoms with van der Waals surface area (Å²) in [6, 6.07) is 13.2. The van der Waals surface area contributed by atoms with Gasteiger partial charge in [0, 0.05) is 22.8 Å². The zero-order chi connectivity index (χ0) is 28.9. The number of rotatable bonds is 8. The SMILES string of the molecule is CCCCOc1ccc(C#Cc2ccc(C(F)(F)Oc3ccc(-c4cc(F)c(F)c(F)c4)c(F)c3)c(F)c2)cc1. The lowest BCUT2D eigenvalue weighted by atomic mass is 10.0. The number of hydrogen-bond acceptors (Lipinski definition) is 2. The Balaban J connectivity index is 1.47. The maximum atomic E-state index is 14.8. The summed E-state index contributed by atoms with van der Waals surface area (Å²) in [6.07, 6.45) is -2.27. The highest BCUT2D eigenvalue weighted by atomic mass is 19.3. The van der Waals surface area contributed by atoms with Crippen LogP contribution in [0.5, 0.6) is 11.5 Å². The molecule has 0 spiro atoms. The van der Waals surface area contributed by atoms with E-state index in [1.165, 1.54) is 6.07 Å². The minimum absolute atomic E-state index is 0.134. The van der Waals surface area contributed by atoms with Gasteiger partial charge in [-0.05, 0) is 78.7 Å². The quantitative estimate of drug-likeness (QED) is 0.0932. The van der Waals surface area contributed by atoms with Gasteiger partial charge in [-0.3, -0.25) is 0 Å². The van der Waals surface area contributed by atoms with E-state index in [-0.39, 0.29) is 16.7 Å². The van der Waals surface area contributed by atoms with Crippen LogP contribution in [0.25, 0.3) is 11.1 Å². The summed E-state index contributed by atoms with van der Waals surface area (Å²) in [6.45, 7) is 2.65. The summed E-state index contributed by atoms with van der Waals surface area (Å²) in [5.74, 6) is -1.78. The van der Waals surface area contributed by atoms with Gasteiger partial charge in [-0.1, -0.05) is 25.2 Å². The van der Waals surface area contributed by atoms with E-state index >= 15 is 0 Å². The normalized spacial score (nSPS) is 11.1. The van der Waals surface area contributed by atoms with Crippen molar-refractivity contribution < 1.29 is 40.2 Å². The maximum absolute atomic E-state index is 14.8. The van der Waals surface area contributed by atoms with Gasteiger partial charge in [0.25, 0.3) is 0 Å². The fourth-order valence-electron chi connectivity index (χ4n) is 3.65. The molecular weight excluding hydrogens is 537 g/mol. The predicted octanol–water partition coefficient (Wildman–Crippen LogP) is 8.76. The molecule has 0 radical (unpaired) electrons. The highest BCUT2D eigenvalue weighted by molar-refractivity contribution is 5.65. The first kappa shape index (κ1) is 28.6. The monoisotopic (exact) mass is 558 g/mol. The molecular formula is C31H21F7O2. The van der Waals surface area contributed by atoms with Crippen LogP contribution in [0.15, 0.2) is 72.8 Å². The molecule has 0 N–H and O–H groups in total. The van der Waals surface area contributed by atoms with Gasteiger partial charge >= 0.3 is 6.11 Å². The van der Waals surface area contributed by atoms with Crippen LogP contribution in [-0.2, 0) is 6.11 Å². The van der Waals surface area contributed by atoms with Crippen molar-refractivity contribution in [2.45, 2.75) is 25.9 Å². The average molecular weight is 558 g/mol. The Morgan fingerprint density at radius 2 is 1.30 bits per heavy atom. The van der Waals surface area contributed by atoms with Gasteiger partial charge < -0.3 is 9.47 Å². The second kappa shape index (κ2) is 12.2. The van der Waals surface area contributed by atoms with E-state index in [1.54, 1.807) is 24.3 Å². The molecule has 0 aromatic heterocycles. The molecule has 0 bridgehead atoms. The first-order valence-corrected chi connectivity index (χ1v) is 12.1. The second-order valence-electron chi connectivity index (χ2n) is 8.69. The zero-order valence-electron chi connectivity index (χ0n) is 21.0. The Morgan fingerprint density at radius 1 is 0.675 bits per heavy atom. The average Bonchev–Trinajstić information content (AvgIpc) is 2.91. The van der Waals surface area contributed by atoms with Crippen LogP contribution in [0, 0.1) is 40.9 Å². The lowest BCUT2D eigenvalue weighted by Gasteiger charge is -2.19. The molecule has 0 aliphatic carbocycles. The van der Waals surface area contributed by atoms with Gasteiger partial charge in [-0.25, -0.2) is 22.0 Å². The van der Waals surface area contributed by atoms with Gasteiger partial charge in [-0.2, -0.15) is 8.78 Å². The van der Waals surface area contributed by atoms with E-state index in [4.69, 9.17) is 4.74 Å². The third kappa shape index (κ3) is 6.75. The van der Waals surface area contributed by atoms with Crippen molar-refractivity contribution in [2.24, 2.45) is 0 Å². The minimum atomic E-state index is -4.20. The first-order valence-electron chi connectivity index (χ1n) is 12.1. The molecule has 4 aromatic carbocycles. The fraction of sp³-hybridized carbons (Fsp3) is 0.161. The standard InChI is InChI=1S/C31H21F7O2/c1-2-3-14-39-22-9-6-19(7-10-22)4-5-20-8-13-25(27(33)15-20)31(37,38)40-23-11-12-24(26(32)18-23)21-16-28(34)30(36)29(35)17-21/h6-13,15-18H,2-3,14H2,1H3. The van der Waals surface area contributed by atoms with E-state index in [0.29, 0.717) is 36.1 Å². The summed E-state index contributed by atoms with van der Waals surface area (Å²) in [5.41, 5.74) is -1.11. The number of unbranched alkanes of at least 4 members (excludes halogenated alkanes) is 1. The molecule has 0 saturated heterocycles. The Hall–Kier alpha value is -4.45. The van der Waals surface area contributed by atoms with Crippen molar-refractivity contribution in [1.82, 2.24) is 0 Å². The molecule has 0 amide bonds. The predicted molar refractivity (Wildman–Crippen MR) is 135 cm³/mol. The largest absolute Gasteiger partial charge is 0.494 e. The van der Waals surface area contributed by atoms with Gasteiger partial charge in [0.05, 0.1) is 6.61 Å². The summed E-state index contributed by atoms with van der Waals surface area (Å²) in [4.78, 5) is 0. The van der Waals surface area contributed by atoms with Gasteiger partial charge in [0.2, 0.25) is 0 Å². The van der Waals surface area contributed by atoms with Crippen molar-refractivity contribution >= 4 is 0 Å². The molecule has 9 heteroatoms. The van der Waals surface area contributed by atoms with E-state index in [9.17, 15) is 30.7 Å². The third-order valence-electron chi connectivity index (χ3n) is 5.74. The molecule has 2 nitrogen and oxygen atoms in total. The molecule has 4 aromatic rings. The number of alkyl halides is 2. The van der Waals surface area contributed by atoms with Crippen molar-refractivity contribution in [3.05, 3.63) is 119 Å². The second-order valence-corrected chi connectivity index (χ2v) is 8.69. The van der Waals surface area contributed by atoms with Crippen LogP contribution < -0.4 is 9.47 Å². The molecule has 206 valence electrons. The van der Waals surface area contributed by atoms with Gasteiger partial charge in [0.15, 0.2) is 17.5 Å². The van der Waals surface area contributed by atoms with Crippen molar-refractivity contribution in [1.29, 1.82) is 0 Å². The lowest BCUT2D eigenvalue weighted by Crippen LogP contribution is -2.23. The van der Waals surface area contributed by atoms with Crippen LogP contribution in [0.3, 0.4) is 0 Å². The molecule has 0 aliphatic heterocycles. The van der Waals surface area contributed by atoms with Gasteiger partial charge in [0.1, 0.15) is 28.7 Å². The van der Waals surface area contributed by atoms with E-state index in [0.717, 1.165) is 37.1 Å². The van der Waals surface area contributed by atoms with E-state index < -0.39 is 46.5 Å². The number of ether oxygens (including phenoxy) is 2. The van der Waals surface area contributed by atoms with Crippen LogP contribution in [0.1, 0.15) is 36.5 Å². The van der Waals surface area contributed by atoms with E-state index in [1.807, 2.05) is 0 Å². The molecule has 0 aliphatic rings. The Labute approximate surface area is 226 Å². The molecule has 0 unspecified atom stereocenters. The Morgan fingerprint density at radius 3 is 1.93 bits per heavy atom. The Bertz CT molecular complexity index is 1550. The number of hydrogen-bond donors (Lipinski definition) is 0. The highest BCUT2D eigenvalue weighted by Crippen LogP contribution is 2.35. The molecule has 0 heterocycles. The van der Waals surface area contributed by atoms with Crippen LogP contribution >= 0.6 is 0 Å². The molecule has 0 saturated carbocycles. The summed E-state index contributed by atoms with van der Waals surface area (Å²) < 4.78 is 109. The fourth-order valence-corrected chi connectivity index (χ4v) is 3.65. The minimum Gasteiger partial charge on any atom is -0.494 e. The van der Waals surface area contributed by atoms with Crippen LogP contribution in [-0.4, -0.2) is 6.61 Å². The molecule has 0 atom stereocenters. The molecule has 0 fully saturated rings. The maximum Gasteiger partial charge on any atom is 0.429 e. The van der Waals surface area contributed by atoms with E-state index in [2.05, 4.69) is 23.5 Å². The summed E-state index contributed by atoms with van der Waals surface area (Å²) >= 11 is 0. The van der Waals surface area contributed by atoms with Crippen molar-refractivity contribution in [3.63, 3.8) is 0 Å². The van der Waals surface area contributed by atoms with Gasteiger partial charge in [-0.15, -0.1) is 0 Å². The smallest absolute Gasteiger partial charge is 0.429 e. The summed E-state index contributed by atoms with van der Waals surface area (Å²) in [5, 5.41) is 0. The van der Waals surface area contributed by atoms with Crippen LogP contribution in [0.4, 0.5) is 30.7 Å². The topological polar surface area (TPSA) is 18.5 Å².